The van der Waals surface area contributed by atoms with E-state index in [9.17, 15) is 18.0 Å². The number of halogens is 3. The highest BCUT2D eigenvalue weighted by molar-refractivity contribution is 5.94. The molecular weight excluding hydrogens is 385 g/mol. The van der Waals surface area contributed by atoms with Gasteiger partial charge in [-0.25, -0.2) is 0 Å². The van der Waals surface area contributed by atoms with Gasteiger partial charge in [-0.2, -0.15) is 0 Å². The predicted octanol–water partition coefficient (Wildman–Crippen LogP) is 3.07. The van der Waals surface area contributed by atoms with Crippen LogP contribution in [0.3, 0.4) is 0 Å². The van der Waals surface area contributed by atoms with Crippen molar-refractivity contribution in [2.24, 2.45) is 4.99 Å². The summed E-state index contributed by atoms with van der Waals surface area (Å²) < 4.78 is 41.5. The molecule has 0 atom stereocenters. The molecule has 0 aliphatic rings. The fraction of sp³-hybridized carbons (Fsp3) is 0.300. The van der Waals surface area contributed by atoms with Crippen LogP contribution in [0.4, 0.5) is 13.2 Å². The maximum atomic E-state index is 12.5. The number of nitrogens with zero attached hydrogens (tertiary/aromatic N) is 1. The Bertz CT molecular complexity index is 811. The van der Waals surface area contributed by atoms with Gasteiger partial charge >= 0.3 is 6.36 Å². The van der Waals surface area contributed by atoms with Gasteiger partial charge in [-0.1, -0.05) is 36.4 Å². The van der Waals surface area contributed by atoms with Crippen molar-refractivity contribution in [3.05, 3.63) is 65.7 Å². The molecule has 3 N–H and O–H groups in total. The quantitative estimate of drug-likeness (QED) is 0.357. The number of hydrogen-bond donors (Lipinski definition) is 3. The zero-order valence-electron chi connectivity index (χ0n) is 15.9. The van der Waals surface area contributed by atoms with Gasteiger partial charge in [0.2, 0.25) is 0 Å². The Labute approximate surface area is 167 Å². The minimum absolute atomic E-state index is 0.108. The molecule has 0 aromatic heterocycles. The summed E-state index contributed by atoms with van der Waals surface area (Å²) >= 11 is 0. The van der Waals surface area contributed by atoms with Gasteiger partial charge in [-0.15, -0.1) is 13.2 Å². The second-order valence-electron chi connectivity index (χ2n) is 5.98. The summed E-state index contributed by atoms with van der Waals surface area (Å²) in [6.45, 7) is 1.10. The van der Waals surface area contributed by atoms with Crippen LogP contribution in [0.5, 0.6) is 5.75 Å². The van der Waals surface area contributed by atoms with Crippen molar-refractivity contribution in [2.45, 2.75) is 19.3 Å². The lowest BCUT2D eigenvalue weighted by molar-refractivity contribution is -0.274. The maximum Gasteiger partial charge on any atom is 0.573 e. The lowest BCUT2D eigenvalue weighted by Gasteiger charge is -2.15. The average molecular weight is 408 g/mol. The molecule has 0 unspecified atom stereocenters. The van der Waals surface area contributed by atoms with Crippen molar-refractivity contribution in [3.63, 3.8) is 0 Å². The second kappa shape index (κ2) is 10.9. The fourth-order valence-corrected chi connectivity index (χ4v) is 2.46. The Morgan fingerprint density at radius 2 is 1.62 bits per heavy atom. The first-order valence-electron chi connectivity index (χ1n) is 9.00. The average Bonchev–Trinajstić information content (AvgIpc) is 2.70. The highest BCUT2D eigenvalue weighted by Crippen LogP contribution is 2.25. The van der Waals surface area contributed by atoms with E-state index in [4.69, 9.17) is 0 Å². The number of para-hydroxylation sites is 1. The van der Waals surface area contributed by atoms with Crippen molar-refractivity contribution >= 4 is 11.9 Å². The van der Waals surface area contributed by atoms with Crippen molar-refractivity contribution < 1.29 is 22.7 Å². The largest absolute Gasteiger partial charge is 0.573 e. The SMILES string of the molecule is CN=C(NCCCNC(=O)c1ccccc1)NCc1ccccc1OC(F)(F)F. The van der Waals surface area contributed by atoms with Gasteiger partial charge in [0.15, 0.2) is 5.96 Å². The first-order valence-corrected chi connectivity index (χ1v) is 9.00. The van der Waals surface area contributed by atoms with Crippen LogP contribution < -0.4 is 20.7 Å². The minimum Gasteiger partial charge on any atom is -0.405 e. The number of nitrogens with one attached hydrogen (secondary N) is 3. The monoisotopic (exact) mass is 408 g/mol. The number of alkyl halides is 3. The molecule has 9 heteroatoms. The highest BCUT2D eigenvalue weighted by atomic mass is 19.4. The van der Waals surface area contributed by atoms with E-state index < -0.39 is 6.36 Å². The van der Waals surface area contributed by atoms with Gasteiger partial charge in [0.25, 0.3) is 5.91 Å². The number of guanidine groups is 1. The van der Waals surface area contributed by atoms with E-state index in [1.807, 2.05) is 6.07 Å². The van der Waals surface area contributed by atoms with Gasteiger partial charge in [0.05, 0.1) is 0 Å². The molecule has 0 saturated carbocycles. The zero-order valence-corrected chi connectivity index (χ0v) is 15.9. The number of aliphatic imine (C=N–C) groups is 1. The molecule has 2 rings (SSSR count). The third-order valence-corrected chi connectivity index (χ3v) is 3.84. The van der Waals surface area contributed by atoms with Crippen LogP contribution in [0.1, 0.15) is 22.3 Å². The summed E-state index contributed by atoms with van der Waals surface area (Å²) in [5.74, 6) is 0.0298. The third-order valence-electron chi connectivity index (χ3n) is 3.84. The van der Waals surface area contributed by atoms with E-state index in [0.29, 0.717) is 36.6 Å². The van der Waals surface area contributed by atoms with Crippen molar-refractivity contribution in [2.75, 3.05) is 20.1 Å². The molecular formula is C20H23F3N4O2. The van der Waals surface area contributed by atoms with E-state index >= 15 is 0 Å². The zero-order chi connectivity index (χ0) is 21.1. The Morgan fingerprint density at radius 3 is 2.31 bits per heavy atom. The molecule has 29 heavy (non-hydrogen) atoms. The van der Waals surface area contributed by atoms with Crippen LogP contribution in [0.15, 0.2) is 59.6 Å². The summed E-state index contributed by atoms with van der Waals surface area (Å²) in [6.07, 6.45) is -4.10. The topological polar surface area (TPSA) is 74.8 Å². The third kappa shape index (κ3) is 8.12. The second-order valence-corrected chi connectivity index (χ2v) is 5.98. The molecule has 0 fully saturated rings. The van der Waals surface area contributed by atoms with Crippen LogP contribution in [-0.2, 0) is 6.54 Å². The Kier molecular flexibility index (Phi) is 8.32. The molecule has 6 nitrogen and oxygen atoms in total. The van der Waals surface area contributed by atoms with Crippen LogP contribution in [0.25, 0.3) is 0 Å². The molecule has 1 amide bonds. The summed E-state index contributed by atoms with van der Waals surface area (Å²) in [4.78, 5) is 16.0. The molecule has 0 aliphatic carbocycles. The molecule has 0 bridgehead atoms. The number of carbonyl (C=O) groups is 1. The molecule has 156 valence electrons. The summed E-state index contributed by atoms with van der Waals surface area (Å²) in [6, 6.07) is 14.8. The Morgan fingerprint density at radius 1 is 0.966 bits per heavy atom. The summed E-state index contributed by atoms with van der Waals surface area (Å²) in [7, 11) is 1.56. The lowest BCUT2D eigenvalue weighted by Crippen LogP contribution is -2.38. The Balaban J connectivity index is 1.73. The van der Waals surface area contributed by atoms with Gasteiger partial charge in [0.1, 0.15) is 5.75 Å². The number of ether oxygens (including phenoxy) is 1. The molecule has 0 spiro atoms. The van der Waals surface area contributed by atoms with Crippen molar-refractivity contribution in [1.29, 1.82) is 0 Å². The molecule has 0 heterocycles. The summed E-state index contributed by atoms with van der Waals surface area (Å²) in [5.41, 5.74) is 0.945. The lowest BCUT2D eigenvalue weighted by atomic mass is 10.2. The van der Waals surface area contributed by atoms with Gasteiger partial charge in [-0.05, 0) is 24.6 Å². The van der Waals surface area contributed by atoms with Crippen molar-refractivity contribution in [1.82, 2.24) is 16.0 Å². The Hall–Kier alpha value is -3.23. The van der Waals surface area contributed by atoms with Crippen molar-refractivity contribution in [3.8, 4) is 5.75 Å². The number of carbonyl (C=O) groups excluding carboxylic acids is 1. The first kappa shape index (κ1) is 22.1. The predicted molar refractivity (Wildman–Crippen MR) is 105 cm³/mol. The number of benzene rings is 2. The normalized spacial score (nSPS) is 11.7. The number of hydrogen-bond acceptors (Lipinski definition) is 3. The smallest absolute Gasteiger partial charge is 0.405 e. The fourth-order valence-electron chi connectivity index (χ4n) is 2.46. The minimum atomic E-state index is -4.75. The standard InChI is InChI=1S/C20H23F3N4O2/c1-24-19(26-13-7-12-25-18(28)15-8-3-2-4-9-15)27-14-16-10-5-6-11-17(16)29-20(21,22)23/h2-6,8-11H,7,12-14H2,1H3,(H,25,28)(H2,24,26,27). The van der Waals surface area contributed by atoms with Crippen LogP contribution in [-0.4, -0.2) is 38.4 Å². The van der Waals surface area contributed by atoms with Crippen LogP contribution in [0, 0.1) is 0 Å². The molecule has 2 aromatic carbocycles. The number of rotatable bonds is 8. The first-order chi connectivity index (χ1) is 13.9. The van der Waals surface area contributed by atoms with Gasteiger partial charge in [-0.3, -0.25) is 9.79 Å². The maximum absolute atomic E-state index is 12.5. The van der Waals surface area contributed by atoms with E-state index in [-0.39, 0.29) is 18.2 Å². The molecule has 0 aliphatic heterocycles. The van der Waals surface area contributed by atoms with Crippen LogP contribution in [0.2, 0.25) is 0 Å². The van der Waals surface area contributed by atoms with E-state index in [1.165, 1.54) is 12.1 Å². The summed E-state index contributed by atoms with van der Waals surface area (Å²) in [5, 5.41) is 8.80. The van der Waals surface area contributed by atoms with E-state index in [2.05, 4.69) is 25.7 Å². The molecule has 0 saturated heterocycles. The van der Waals surface area contributed by atoms with Crippen LogP contribution >= 0.6 is 0 Å². The van der Waals surface area contributed by atoms with E-state index in [1.54, 1.807) is 43.4 Å². The molecule has 0 radical (unpaired) electrons. The van der Waals surface area contributed by atoms with E-state index in [0.717, 1.165) is 0 Å². The molecule has 2 aromatic rings. The van der Waals surface area contributed by atoms with Gasteiger partial charge in [0, 0.05) is 37.8 Å². The highest BCUT2D eigenvalue weighted by Gasteiger charge is 2.31. The van der Waals surface area contributed by atoms with Gasteiger partial charge < -0.3 is 20.7 Å². The number of amides is 1.